The lowest BCUT2D eigenvalue weighted by Crippen LogP contribution is -2.28. The zero-order valence-corrected chi connectivity index (χ0v) is 17.3. The molecule has 0 spiro atoms. The smallest absolute Gasteiger partial charge is 0.266 e. The Balaban J connectivity index is 1.78. The van der Waals surface area contributed by atoms with Gasteiger partial charge in [0, 0.05) is 11.8 Å². The number of imidazole rings is 1. The zero-order valence-electron chi connectivity index (χ0n) is 17.3. The van der Waals surface area contributed by atoms with Crippen molar-refractivity contribution in [1.82, 2.24) is 24.5 Å². The second-order valence-corrected chi connectivity index (χ2v) is 7.44. The summed E-state index contributed by atoms with van der Waals surface area (Å²) in [5.74, 6) is -1.90. The standard InChI is InChI=1S/C23H17F3N6O/c1-2-16(31-22-20-21(28-10-27-20)29-11-30-22)18-8-12-4-3-5-15(26)19(12)23(33)32(18)17-9-13(24)6-7-14(17)25/h3-11,16H,2H2,1H3,(H2,27,28,29,30,31)/t16-/m1/s1. The lowest BCUT2D eigenvalue weighted by Gasteiger charge is -2.23. The van der Waals surface area contributed by atoms with Gasteiger partial charge in [0.15, 0.2) is 11.5 Å². The fraction of sp³-hybridized carbons (Fsp3) is 0.130. The first-order chi connectivity index (χ1) is 16.0. The number of anilines is 1. The van der Waals surface area contributed by atoms with Gasteiger partial charge >= 0.3 is 0 Å². The van der Waals surface area contributed by atoms with Gasteiger partial charge in [-0.25, -0.2) is 28.1 Å². The number of aromatic amines is 1. The Bertz CT molecular complexity index is 1560. The first kappa shape index (κ1) is 20.7. The van der Waals surface area contributed by atoms with Crippen LogP contribution in [0, 0.1) is 17.5 Å². The number of H-pyrrole nitrogens is 1. The van der Waals surface area contributed by atoms with Crippen LogP contribution in [0.5, 0.6) is 0 Å². The number of pyridine rings is 1. The highest BCUT2D eigenvalue weighted by atomic mass is 19.1. The zero-order chi connectivity index (χ0) is 23.1. The van der Waals surface area contributed by atoms with Crippen LogP contribution in [0.3, 0.4) is 0 Å². The number of rotatable bonds is 5. The fourth-order valence-electron chi connectivity index (χ4n) is 3.92. The van der Waals surface area contributed by atoms with Gasteiger partial charge in [-0.1, -0.05) is 19.1 Å². The molecule has 5 rings (SSSR count). The van der Waals surface area contributed by atoms with E-state index in [0.29, 0.717) is 34.5 Å². The van der Waals surface area contributed by atoms with Gasteiger partial charge in [-0.3, -0.25) is 9.36 Å². The molecule has 0 saturated carbocycles. The van der Waals surface area contributed by atoms with E-state index < -0.39 is 29.1 Å². The summed E-state index contributed by atoms with van der Waals surface area (Å²) in [4.78, 5) is 28.9. The molecular formula is C23H17F3N6O. The number of benzene rings is 2. The molecule has 166 valence electrons. The first-order valence-electron chi connectivity index (χ1n) is 10.2. The molecule has 0 bridgehead atoms. The Hall–Kier alpha value is -4.21. The fourth-order valence-corrected chi connectivity index (χ4v) is 3.92. The topological polar surface area (TPSA) is 88.5 Å². The molecule has 0 unspecified atom stereocenters. The summed E-state index contributed by atoms with van der Waals surface area (Å²) in [6.45, 7) is 1.85. The summed E-state index contributed by atoms with van der Waals surface area (Å²) in [6, 6.07) is 8.04. The molecular weight excluding hydrogens is 433 g/mol. The van der Waals surface area contributed by atoms with Crippen molar-refractivity contribution in [2.45, 2.75) is 19.4 Å². The number of halogens is 3. The van der Waals surface area contributed by atoms with Crippen molar-refractivity contribution in [2.24, 2.45) is 0 Å². The SMILES string of the molecule is CC[C@@H](Nc1ncnc2[nH]cnc12)c1cc2cccc(F)c2c(=O)n1-c1cc(F)ccc1F. The number of hydrogen-bond donors (Lipinski definition) is 2. The van der Waals surface area contributed by atoms with Crippen LogP contribution in [0.15, 0.2) is 59.9 Å². The van der Waals surface area contributed by atoms with Crippen LogP contribution in [0.1, 0.15) is 25.1 Å². The molecule has 1 atom stereocenters. The van der Waals surface area contributed by atoms with E-state index in [1.807, 2.05) is 6.92 Å². The summed E-state index contributed by atoms with van der Waals surface area (Å²) in [6.07, 6.45) is 3.26. The summed E-state index contributed by atoms with van der Waals surface area (Å²) in [5, 5.41) is 3.35. The summed E-state index contributed by atoms with van der Waals surface area (Å²) in [5.41, 5.74) is 0.198. The average Bonchev–Trinajstić information content (AvgIpc) is 3.29. The number of hydrogen-bond acceptors (Lipinski definition) is 5. The van der Waals surface area contributed by atoms with Gasteiger partial charge in [0.05, 0.1) is 23.4 Å². The Morgan fingerprint density at radius 1 is 1.06 bits per heavy atom. The molecule has 3 aromatic heterocycles. The molecule has 0 saturated heterocycles. The van der Waals surface area contributed by atoms with Crippen LogP contribution in [0.4, 0.5) is 19.0 Å². The molecule has 2 aromatic carbocycles. The molecule has 10 heteroatoms. The molecule has 0 aliphatic heterocycles. The van der Waals surface area contributed by atoms with E-state index in [2.05, 4.69) is 25.3 Å². The van der Waals surface area contributed by atoms with Gasteiger partial charge in [0.25, 0.3) is 5.56 Å². The van der Waals surface area contributed by atoms with Crippen LogP contribution < -0.4 is 10.9 Å². The van der Waals surface area contributed by atoms with E-state index in [4.69, 9.17) is 0 Å². The quantitative estimate of drug-likeness (QED) is 0.407. The maximum Gasteiger partial charge on any atom is 0.266 e. The maximum absolute atomic E-state index is 14.8. The van der Waals surface area contributed by atoms with Crippen LogP contribution in [-0.4, -0.2) is 24.5 Å². The highest BCUT2D eigenvalue weighted by Crippen LogP contribution is 2.29. The molecule has 2 N–H and O–H groups in total. The lowest BCUT2D eigenvalue weighted by molar-refractivity contribution is 0.583. The van der Waals surface area contributed by atoms with Crippen molar-refractivity contribution in [3.8, 4) is 5.69 Å². The second-order valence-electron chi connectivity index (χ2n) is 7.44. The first-order valence-corrected chi connectivity index (χ1v) is 10.2. The largest absolute Gasteiger partial charge is 0.360 e. The number of nitrogens with one attached hydrogen (secondary N) is 2. The van der Waals surface area contributed by atoms with Crippen LogP contribution >= 0.6 is 0 Å². The molecule has 0 amide bonds. The molecule has 5 aromatic rings. The number of nitrogens with zero attached hydrogens (tertiary/aromatic N) is 4. The third-order valence-corrected chi connectivity index (χ3v) is 5.47. The van der Waals surface area contributed by atoms with E-state index >= 15 is 0 Å². The molecule has 7 nitrogen and oxygen atoms in total. The van der Waals surface area contributed by atoms with Crippen LogP contribution in [0.2, 0.25) is 0 Å². The molecule has 0 aliphatic carbocycles. The summed E-state index contributed by atoms with van der Waals surface area (Å²) < 4.78 is 44.5. The monoisotopic (exact) mass is 450 g/mol. The highest BCUT2D eigenvalue weighted by molar-refractivity contribution is 5.84. The predicted octanol–water partition coefficient (Wildman–Crippen LogP) is 4.64. The minimum absolute atomic E-state index is 0.212. The minimum Gasteiger partial charge on any atom is -0.360 e. The van der Waals surface area contributed by atoms with E-state index in [0.717, 1.165) is 28.8 Å². The molecule has 33 heavy (non-hydrogen) atoms. The van der Waals surface area contributed by atoms with E-state index in [-0.39, 0.29) is 11.1 Å². The van der Waals surface area contributed by atoms with Gasteiger partial charge in [-0.15, -0.1) is 0 Å². The molecule has 0 aliphatic rings. The van der Waals surface area contributed by atoms with Crippen LogP contribution in [0.25, 0.3) is 27.6 Å². The number of aromatic nitrogens is 5. The van der Waals surface area contributed by atoms with Crippen molar-refractivity contribution in [2.75, 3.05) is 5.32 Å². The van der Waals surface area contributed by atoms with Gasteiger partial charge < -0.3 is 10.3 Å². The maximum atomic E-state index is 14.8. The number of fused-ring (bicyclic) bond motifs is 2. The Kier molecular flexibility index (Phi) is 5.04. The van der Waals surface area contributed by atoms with E-state index in [9.17, 15) is 18.0 Å². The Labute approximate surface area is 185 Å². The van der Waals surface area contributed by atoms with Crippen LogP contribution in [-0.2, 0) is 0 Å². The third-order valence-electron chi connectivity index (χ3n) is 5.47. The molecule has 0 radical (unpaired) electrons. The van der Waals surface area contributed by atoms with Gasteiger partial charge in [0.2, 0.25) is 0 Å². The Morgan fingerprint density at radius 3 is 2.73 bits per heavy atom. The van der Waals surface area contributed by atoms with Gasteiger partial charge in [0.1, 0.15) is 29.3 Å². The summed E-state index contributed by atoms with van der Waals surface area (Å²) in [7, 11) is 0. The molecule has 0 fully saturated rings. The van der Waals surface area contributed by atoms with Crippen molar-refractivity contribution in [3.63, 3.8) is 0 Å². The lowest BCUT2D eigenvalue weighted by atomic mass is 10.0. The predicted molar refractivity (Wildman–Crippen MR) is 118 cm³/mol. The Morgan fingerprint density at radius 2 is 1.91 bits per heavy atom. The highest BCUT2D eigenvalue weighted by Gasteiger charge is 2.23. The minimum atomic E-state index is -0.818. The normalized spacial score (nSPS) is 12.4. The van der Waals surface area contributed by atoms with Crippen molar-refractivity contribution < 1.29 is 13.2 Å². The average molecular weight is 450 g/mol. The van der Waals surface area contributed by atoms with E-state index in [1.165, 1.54) is 18.7 Å². The second kappa shape index (κ2) is 8.05. The van der Waals surface area contributed by atoms with Gasteiger partial charge in [-0.05, 0) is 36.1 Å². The van der Waals surface area contributed by atoms with Crippen molar-refractivity contribution in [3.05, 3.63) is 88.6 Å². The van der Waals surface area contributed by atoms with Crippen molar-refractivity contribution >= 4 is 27.8 Å². The van der Waals surface area contributed by atoms with E-state index in [1.54, 1.807) is 12.1 Å². The summed E-state index contributed by atoms with van der Waals surface area (Å²) >= 11 is 0. The van der Waals surface area contributed by atoms with Crippen molar-refractivity contribution in [1.29, 1.82) is 0 Å². The third kappa shape index (κ3) is 3.49. The van der Waals surface area contributed by atoms with Gasteiger partial charge in [-0.2, -0.15) is 0 Å². The molecule has 3 heterocycles.